The van der Waals surface area contributed by atoms with E-state index in [-0.39, 0.29) is 29.5 Å². The Hall–Kier alpha value is -2.33. The van der Waals surface area contributed by atoms with Gasteiger partial charge in [-0.15, -0.1) is 0 Å². The number of nitrogens with one attached hydrogen (secondary N) is 2. The van der Waals surface area contributed by atoms with Crippen LogP contribution >= 0.6 is 0 Å². The highest BCUT2D eigenvalue weighted by Gasteiger charge is 2.23. The molecule has 26 heavy (non-hydrogen) atoms. The molecule has 1 atom stereocenters. The van der Waals surface area contributed by atoms with Crippen LogP contribution in [0.1, 0.15) is 20.3 Å². The number of hydrogen-bond donors (Lipinski definition) is 3. The number of carboxylic acids is 1. The van der Waals surface area contributed by atoms with Gasteiger partial charge in [0.05, 0.1) is 19.1 Å². The monoisotopic (exact) mass is 388 g/mol. The minimum atomic E-state index is -3.86. The van der Waals surface area contributed by atoms with Crippen LogP contribution in [0.15, 0.2) is 23.1 Å². The lowest BCUT2D eigenvalue weighted by Gasteiger charge is -2.18. The van der Waals surface area contributed by atoms with E-state index in [1.807, 2.05) is 0 Å². The molecule has 0 aliphatic rings. The number of sulfonamides is 1. The van der Waals surface area contributed by atoms with Crippen LogP contribution in [-0.2, 0) is 19.6 Å². The quantitative estimate of drug-likeness (QED) is 0.535. The summed E-state index contributed by atoms with van der Waals surface area (Å²) >= 11 is 0. The summed E-state index contributed by atoms with van der Waals surface area (Å²) in [6, 6.07) is 3.09. The van der Waals surface area contributed by atoms with Crippen LogP contribution in [0.3, 0.4) is 0 Å². The van der Waals surface area contributed by atoms with E-state index in [1.165, 1.54) is 32.4 Å². The Morgan fingerprint density at radius 2 is 1.77 bits per heavy atom. The zero-order chi connectivity index (χ0) is 19.9. The molecule has 0 spiro atoms. The molecule has 3 N–H and O–H groups in total. The number of rotatable bonds is 10. The van der Waals surface area contributed by atoms with Crippen molar-refractivity contribution < 1.29 is 32.6 Å². The summed E-state index contributed by atoms with van der Waals surface area (Å²) in [5.41, 5.74) is 0. The van der Waals surface area contributed by atoms with Crippen molar-refractivity contribution in [3.63, 3.8) is 0 Å². The van der Waals surface area contributed by atoms with Crippen molar-refractivity contribution >= 4 is 21.9 Å². The molecule has 1 aromatic carbocycles. The molecule has 146 valence electrons. The molecule has 0 radical (unpaired) electrons. The first kappa shape index (κ1) is 21.7. The van der Waals surface area contributed by atoms with Gasteiger partial charge in [0, 0.05) is 19.0 Å². The van der Waals surface area contributed by atoms with Crippen LogP contribution in [0, 0.1) is 5.92 Å². The van der Waals surface area contributed by atoms with Gasteiger partial charge in [-0.1, -0.05) is 13.8 Å². The molecule has 0 heterocycles. The molecule has 0 aliphatic heterocycles. The third kappa shape index (κ3) is 5.88. The van der Waals surface area contributed by atoms with Gasteiger partial charge in [-0.3, -0.25) is 4.79 Å². The minimum absolute atomic E-state index is 0.0406. The van der Waals surface area contributed by atoms with Crippen molar-refractivity contribution in [3.8, 4) is 11.5 Å². The predicted octanol–water partition coefficient (Wildman–Crippen LogP) is 0.598. The van der Waals surface area contributed by atoms with Crippen LogP contribution in [0.25, 0.3) is 0 Å². The first-order valence-corrected chi connectivity index (χ1v) is 9.34. The molecule has 0 saturated carbocycles. The van der Waals surface area contributed by atoms with Crippen molar-refractivity contribution in [2.24, 2.45) is 5.92 Å². The molecule has 0 unspecified atom stereocenters. The molecule has 1 aromatic rings. The largest absolute Gasteiger partial charge is 0.493 e. The number of ether oxygens (including phenoxy) is 2. The number of carbonyl (C=O) groups excluding carboxylic acids is 1. The fourth-order valence-corrected chi connectivity index (χ4v) is 3.17. The molecular weight excluding hydrogens is 364 g/mol. The van der Waals surface area contributed by atoms with Crippen molar-refractivity contribution in [2.75, 3.05) is 20.8 Å². The SMILES string of the molecule is COc1ccc(S(=O)(=O)NCCC(=O)N[C@H](C(=O)O)C(C)C)cc1OC. The van der Waals surface area contributed by atoms with E-state index in [0.717, 1.165) is 0 Å². The predicted molar refractivity (Wildman–Crippen MR) is 93.8 cm³/mol. The van der Waals surface area contributed by atoms with Gasteiger partial charge in [-0.25, -0.2) is 17.9 Å². The average Bonchev–Trinajstić information content (AvgIpc) is 2.58. The maximum absolute atomic E-state index is 12.3. The maximum atomic E-state index is 12.3. The number of hydrogen-bond acceptors (Lipinski definition) is 6. The maximum Gasteiger partial charge on any atom is 0.326 e. The van der Waals surface area contributed by atoms with Gasteiger partial charge in [-0.2, -0.15) is 0 Å². The second-order valence-electron chi connectivity index (χ2n) is 5.79. The van der Waals surface area contributed by atoms with Crippen LogP contribution in [-0.4, -0.2) is 52.2 Å². The molecule has 0 saturated heterocycles. The molecule has 1 amide bonds. The van der Waals surface area contributed by atoms with Gasteiger partial charge in [0.1, 0.15) is 6.04 Å². The number of benzene rings is 1. The zero-order valence-corrected chi connectivity index (χ0v) is 15.9. The normalized spacial score (nSPS) is 12.5. The summed E-state index contributed by atoms with van der Waals surface area (Å²) in [7, 11) is -1.03. The van der Waals surface area contributed by atoms with Crippen molar-refractivity contribution in [3.05, 3.63) is 18.2 Å². The van der Waals surface area contributed by atoms with Crippen molar-refractivity contribution in [2.45, 2.75) is 31.2 Å². The Morgan fingerprint density at radius 1 is 1.15 bits per heavy atom. The van der Waals surface area contributed by atoms with E-state index in [2.05, 4.69) is 10.0 Å². The second kappa shape index (κ2) is 9.39. The first-order chi connectivity index (χ1) is 12.1. The Balaban J connectivity index is 2.69. The van der Waals surface area contributed by atoms with Gasteiger partial charge in [0.25, 0.3) is 0 Å². The fraction of sp³-hybridized carbons (Fsp3) is 0.500. The van der Waals surface area contributed by atoms with Gasteiger partial charge >= 0.3 is 5.97 Å². The molecule has 1 rings (SSSR count). The summed E-state index contributed by atoms with van der Waals surface area (Å²) in [6.07, 6.45) is -0.191. The second-order valence-corrected chi connectivity index (χ2v) is 7.56. The van der Waals surface area contributed by atoms with Crippen molar-refractivity contribution in [1.82, 2.24) is 10.0 Å². The lowest BCUT2D eigenvalue weighted by atomic mass is 10.0. The Labute approximate surface area is 152 Å². The highest BCUT2D eigenvalue weighted by atomic mass is 32.2. The van der Waals surface area contributed by atoms with Crippen LogP contribution in [0.4, 0.5) is 0 Å². The molecule has 0 aliphatic carbocycles. The van der Waals surface area contributed by atoms with Crippen LogP contribution in [0.5, 0.6) is 11.5 Å². The summed E-state index contributed by atoms with van der Waals surface area (Å²) < 4.78 is 37.0. The van der Waals surface area contributed by atoms with Gasteiger partial charge < -0.3 is 19.9 Å². The standard InChI is InChI=1S/C16H24N2O7S/c1-10(2)15(16(20)21)18-14(19)7-8-17-26(22,23)11-5-6-12(24-3)13(9-11)25-4/h5-6,9-10,15,17H,7-8H2,1-4H3,(H,18,19)(H,20,21)/t15-/m0/s1. The molecular formula is C16H24N2O7S. The summed E-state index contributed by atoms with van der Waals surface area (Å²) in [5.74, 6) is -1.34. The van der Waals surface area contributed by atoms with E-state index in [1.54, 1.807) is 13.8 Å². The smallest absolute Gasteiger partial charge is 0.326 e. The highest BCUT2D eigenvalue weighted by Crippen LogP contribution is 2.29. The van der Waals surface area contributed by atoms with E-state index >= 15 is 0 Å². The van der Waals surface area contributed by atoms with Crippen LogP contribution < -0.4 is 19.5 Å². The summed E-state index contributed by atoms with van der Waals surface area (Å²) in [5, 5.41) is 11.4. The van der Waals surface area contributed by atoms with E-state index in [0.29, 0.717) is 5.75 Å². The minimum Gasteiger partial charge on any atom is -0.493 e. The molecule has 9 nitrogen and oxygen atoms in total. The first-order valence-electron chi connectivity index (χ1n) is 7.86. The number of carboxylic acid groups (broad SMARTS) is 1. The third-order valence-corrected chi connectivity index (χ3v) is 5.02. The molecule has 0 aromatic heterocycles. The Bertz CT molecular complexity index is 747. The lowest BCUT2D eigenvalue weighted by molar-refractivity contribution is -0.143. The number of amides is 1. The summed E-state index contributed by atoms with van der Waals surface area (Å²) in [4.78, 5) is 22.8. The lowest BCUT2D eigenvalue weighted by Crippen LogP contribution is -2.45. The molecule has 0 bridgehead atoms. The van der Waals surface area contributed by atoms with Crippen LogP contribution in [0.2, 0.25) is 0 Å². The number of carbonyl (C=O) groups is 2. The fourth-order valence-electron chi connectivity index (χ4n) is 2.13. The van der Waals surface area contributed by atoms with Gasteiger partial charge in [-0.05, 0) is 18.1 Å². The Kier molecular flexibility index (Phi) is 7.84. The number of aliphatic carboxylic acids is 1. The zero-order valence-electron chi connectivity index (χ0n) is 15.1. The van der Waals surface area contributed by atoms with Gasteiger partial charge in [0.15, 0.2) is 11.5 Å². The summed E-state index contributed by atoms with van der Waals surface area (Å²) in [6.45, 7) is 3.16. The Morgan fingerprint density at radius 3 is 2.27 bits per heavy atom. The number of methoxy groups -OCH3 is 2. The highest BCUT2D eigenvalue weighted by molar-refractivity contribution is 7.89. The third-order valence-electron chi connectivity index (χ3n) is 3.56. The average molecular weight is 388 g/mol. The van der Waals surface area contributed by atoms with E-state index < -0.39 is 27.9 Å². The van der Waals surface area contributed by atoms with Gasteiger partial charge in [0.2, 0.25) is 15.9 Å². The topological polar surface area (TPSA) is 131 Å². The van der Waals surface area contributed by atoms with E-state index in [9.17, 15) is 18.0 Å². The van der Waals surface area contributed by atoms with Crippen molar-refractivity contribution in [1.29, 1.82) is 0 Å². The van der Waals surface area contributed by atoms with E-state index in [4.69, 9.17) is 14.6 Å². The molecule has 10 heteroatoms. The molecule has 0 fully saturated rings.